The lowest BCUT2D eigenvalue weighted by molar-refractivity contribution is 0.246. The van der Waals surface area contributed by atoms with Crippen LogP contribution in [0.5, 0.6) is 0 Å². The Kier molecular flexibility index (Phi) is 4.27. The van der Waals surface area contributed by atoms with Crippen LogP contribution in [0.25, 0.3) is 4.96 Å². The first-order valence-corrected chi connectivity index (χ1v) is 9.18. The van der Waals surface area contributed by atoms with Crippen LogP contribution < -0.4 is 10.5 Å². The molecule has 0 radical (unpaired) electrons. The van der Waals surface area contributed by atoms with Gasteiger partial charge in [0.25, 0.3) is 5.56 Å². The number of benzene rings is 1. The van der Waals surface area contributed by atoms with E-state index in [4.69, 9.17) is 0 Å². The standard InChI is InChI=1S/C18H19FN4OS/c1-13-12-25-18-20-14(10-17(24)23(13)18)11-21-6-8-22(9-7-21)16-5-3-2-4-15(16)19/h2-5,10,12H,6-9,11H2,1H3. The summed E-state index contributed by atoms with van der Waals surface area (Å²) >= 11 is 1.49. The molecule has 0 spiro atoms. The number of thiazole rings is 1. The zero-order valence-corrected chi connectivity index (χ0v) is 14.8. The van der Waals surface area contributed by atoms with E-state index in [-0.39, 0.29) is 11.4 Å². The van der Waals surface area contributed by atoms with Gasteiger partial charge in [0.15, 0.2) is 4.96 Å². The van der Waals surface area contributed by atoms with Crippen molar-refractivity contribution in [3.63, 3.8) is 0 Å². The molecule has 1 saturated heterocycles. The highest BCUT2D eigenvalue weighted by Crippen LogP contribution is 2.20. The third-order valence-electron chi connectivity index (χ3n) is 4.58. The minimum Gasteiger partial charge on any atom is -0.367 e. The number of aryl methyl sites for hydroxylation is 1. The second-order valence-corrected chi connectivity index (χ2v) is 7.13. The summed E-state index contributed by atoms with van der Waals surface area (Å²) in [5.74, 6) is -0.177. The molecule has 0 amide bonds. The fourth-order valence-electron chi connectivity index (χ4n) is 3.27. The van der Waals surface area contributed by atoms with Gasteiger partial charge in [0, 0.05) is 49.9 Å². The molecule has 0 N–H and O–H groups in total. The van der Waals surface area contributed by atoms with Crippen molar-refractivity contribution in [3.05, 3.63) is 63.3 Å². The van der Waals surface area contributed by atoms with E-state index in [9.17, 15) is 9.18 Å². The number of hydrogen-bond donors (Lipinski definition) is 0. The highest BCUT2D eigenvalue weighted by atomic mass is 32.1. The fraction of sp³-hybridized carbons (Fsp3) is 0.333. The zero-order chi connectivity index (χ0) is 17.4. The molecule has 5 nitrogen and oxygen atoms in total. The monoisotopic (exact) mass is 358 g/mol. The van der Waals surface area contributed by atoms with Gasteiger partial charge < -0.3 is 4.90 Å². The maximum Gasteiger partial charge on any atom is 0.259 e. The van der Waals surface area contributed by atoms with Crippen molar-refractivity contribution in [2.24, 2.45) is 0 Å². The van der Waals surface area contributed by atoms with Crippen molar-refractivity contribution in [3.8, 4) is 0 Å². The van der Waals surface area contributed by atoms with Gasteiger partial charge in [-0.05, 0) is 19.1 Å². The molecule has 7 heteroatoms. The van der Waals surface area contributed by atoms with E-state index in [1.54, 1.807) is 16.5 Å². The van der Waals surface area contributed by atoms with E-state index in [1.165, 1.54) is 17.4 Å². The van der Waals surface area contributed by atoms with E-state index >= 15 is 0 Å². The Balaban J connectivity index is 1.45. The number of nitrogens with zero attached hydrogens (tertiary/aromatic N) is 4. The van der Waals surface area contributed by atoms with E-state index in [1.807, 2.05) is 24.4 Å². The van der Waals surface area contributed by atoms with Gasteiger partial charge in [-0.3, -0.25) is 14.1 Å². The van der Waals surface area contributed by atoms with E-state index in [0.717, 1.165) is 42.5 Å². The fourth-order valence-corrected chi connectivity index (χ4v) is 4.16. The van der Waals surface area contributed by atoms with Crippen LogP contribution in [0.3, 0.4) is 0 Å². The van der Waals surface area contributed by atoms with E-state index in [2.05, 4.69) is 14.8 Å². The van der Waals surface area contributed by atoms with Gasteiger partial charge in [0.05, 0.1) is 11.4 Å². The lowest BCUT2D eigenvalue weighted by Crippen LogP contribution is -2.46. The van der Waals surface area contributed by atoms with Crippen LogP contribution in [-0.4, -0.2) is 40.5 Å². The van der Waals surface area contributed by atoms with Gasteiger partial charge in [-0.1, -0.05) is 12.1 Å². The van der Waals surface area contributed by atoms with Crippen molar-refractivity contribution < 1.29 is 4.39 Å². The average Bonchev–Trinajstić information content (AvgIpc) is 2.98. The number of para-hydroxylation sites is 1. The van der Waals surface area contributed by atoms with Crippen LogP contribution in [0.1, 0.15) is 11.4 Å². The largest absolute Gasteiger partial charge is 0.367 e. The molecule has 2 aromatic heterocycles. The third-order valence-corrected chi connectivity index (χ3v) is 5.52. The van der Waals surface area contributed by atoms with Crippen molar-refractivity contribution in [1.29, 1.82) is 0 Å². The Morgan fingerprint density at radius 2 is 1.96 bits per heavy atom. The first kappa shape index (κ1) is 16.2. The number of hydrogen-bond acceptors (Lipinski definition) is 5. The van der Waals surface area contributed by atoms with Crippen LogP contribution >= 0.6 is 11.3 Å². The van der Waals surface area contributed by atoms with Crippen LogP contribution in [0.15, 0.2) is 40.5 Å². The molecule has 1 fully saturated rings. The second-order valence-electron chi connectivity index (χ2n) is 6.30. The molecule has 1 aliphatic heterocycles. The summed E-state index contributed by atoms with van der Waals surface area (Å²) in [6.07, 6.45) is 0. The summed E-state index contributed by atoms with van der Waals surface area (Å²) in [5.41, 5.74) is 2.35. The molecule has 0 saturated carbocycles. The zero-order valence-electron chi connectivity index (χ0n) is 14.0. The van der Waals surface area contributed by atoms with Gasteiger partial charge in [-0.2, -0.15) is 0 Å². The van der Waals surface area contributed by atoms with E-state index < -0.39 is 0 Å². The minimum atomic E-state index is -0.177. The van der Waals surface area contributed by atoms with Gasteiger partial charge >= 0.3 is 0 Å². The number of halogens is 1. The Labute approximate surface area is 149 Å². The quantitative estimate of drug-likeness (QED) is 0.721. The molecular formula is C18H19FN4OS. The maximum absolute atomic E-state index is 13.9. The van der Waals surface area contributed by atoms with Gasteiger partial charge in [0.2, 0.25) is 0 Å². The molecular weight excluding hydrogens is 339 g/mol. The molecule has 0 atom stereocenters. The number of aromatic nitrogens is 2. The topological polar surface area (TPSA) is 40.9 Å². The molecule has 0 unspecified atom stereocenters. The molecule has 1 aliphatic rings. The average molecular weight is 358 g/mol. The molecule has 4 rings (SSSR count). The van der Waals surface area contributed by atoms with Crippen molar-refractivity contribution >= 4 is 22.0 Å². The summed E-state index contributed by atoms with van der Waals surface area (Å²) in [4.78, 5) is 21.9. The minimum absolute atomic E-state index is 0.0243. The number of anilines is 1. The van der Waals surface area contributed by atoms with Crippen LogP contribution in [0, 0.1) is 12.7 Å². The number of rotatable bonds is 3. The SMILES string of the molecule is Cc1csc2nc(CN3CCN(c4ccccc4F)CC3)cc(=O)n12. The maximum atomic E-state index is 13.9. The second kappa shape index (κ2) is 6.57. The van der Waals surface area contributed by atoms with Gasteiger partial charge in [-0.25, -0.2) is 9.37 Å². The normalized spacial score (nSPS) is 15.8. The van der Waals surface area contributed by atoms with Crippen molar-refractivity contribution in [1.82, 2.24) is 14.3 Å². The summed E-state index contributed by atoms with van der Waals surface area (Å²) in [5, 5.41) is 1.95. The lowest BCUT2D eigenvalue weighted by atomic mass is 10.2. The Bertz CT molecular complexity index is 959. The predicted octanol–water partition coefficient (Wildman–Crippen LogP) is 2.53. The van der Waals surface area contributed by atoms with Crippen molar-refractivity contribution in [2.45, 2.75) is 13.5 Å². The Morgan fingerprint density at radius 3 is 2.72 bits per heavy atom. The molecule has 3 heterocycles. The summed E-state index contributed by atoms with van der Waals surface area (Å²) in [7, 11) is 0. The lowest BCUT2D eigenvalue weighted by Gasteiger charge is -2.36. The Morgan fingerprint density at radius 1 is 1.20 bits per heavy atom. The van der Waals surface area contributed by atoms with Crippen LogP contribution in [-0.2, 0) is 6.54 Å². The first-order chi connectivity index (χ1) is 12.1. The molecule has 0 bridgehead atoms. The highest BCUT2D eigenvalue weighted by Gasteiger charge is 2.20. The highest BCUT2D eigenvalue weighted by molar-refractivity contribution is 7.15. The molecule has 130 valence electrons. The summed E-state index contributed by atoms with van der Waals surface area (Å²) < 4.78 is 15.6. The van der Waals surface area contributed by atoms with Crippen LogP contribution in [0.2, 0.25) is 0 Å². The molecule has 25 heavy (non-hydrogen) atoms. The van der Waals surface area contributed by atoms with Gasteiger partial charge in [0.1, 0.15) is 5.82 Å². The third kappa shape index (κ3) is 3.17. The molecule has 0 aliphatic carbocycles. The number of piperazine rings is 1. The molecule has 3 aromatic rings. The number of fused-ring (bicyclic) bond motifs is 1. The van der Waals surface area contributed by atoms with Crippen LogP contribution in [0.4, 0.5) is 10.1 Å². The first-order valence-electron chi connectivity index (χ1n) is 8.30. The Hall–Kier alpha value is -2.25. The molecule has 1 aromatic carbocycles. The summed E-state index contributed by atoms with van der Waals surface area (Å²) in [6.45, 7) is 5.72. The van der Waals surface area contributed by atoms with Gasteiger partial charge in [-0.15, -0.1) is 11.3 Å². The smallest absolute Gasteiger partial charge is 0.259 e. The predicted molar refractivity (Wildman–Crippen MR) is 98.0 cm³/mol. The van der Waals surface area contributed by atoms with Crippen molar-refractivity contribution in [2.75, 3.05) is 31.1 Å². The summed E-state index contributed by atoms with van der Waals surface area (Å²) in [6, 6.07) is 8.51. The van der Waals surface area contributed by atoms with E-state index in [0.29, 0.717) is 12.2 Å².